The van der Waals surface area contributed by atoms with Gasteiger partial charge in [0.2, 0.25) is 0 Å². The second-order valence-electron chi connectivity index (χ2n) is 8.90. The molecule has 2 aromatic heterocycles. The molecule has 0 aromatic carbocycles. The quantitative estimate of drug-likeness (QED) is 0.744. The van der Waals surface area contributed by atoms with Gasteiger partial charge in [-0.15, -0.1) is 0 Å². The fraction of sp³-hybridized carbons (Fsp3) is 0.591. The molecule has 1 amide bonds. The van der Waals surface area contributed by atoms with Crippen molar-refractivity contribution in [2.75, 3.05) is 38.3 Å². The van der Waals surface area contributed by atoms with E-state index in [1.54, 1.807) is 6.20 Å². The summed E-state index contributed by atoms with van der Waals surface area (Å²) in [4.78, 5) is 20.7. The van der Waals surface area contributed by atoms with Gasteiger partial charge in [-0.1, -0.05) is 5.16 Å². The number of anilines is 1. The lowest BCUT2D eigenvalue weighted by Crippen LogP contribution is -2.47. The molecule has 5 rings (SSSR count). The van der Waals surface area contributed by atoms with E-state index in [2.05, 4.69) is 15.0 Å². The molecule has 30 heavy (non-hydrogen) atoms. The monoisotopic (exact) mass is 412 g/mol. The number of carbonyl (C=O) groups is 1. The molecule has 4 heterocycles. The first kappa shape index (κ1) is 19.4. The minimum absolute atomic E-state index is 0.181. The van der Waals surface area contributed by atoms with Crippen LogP contribution in [0.2, 0.25) is 0 Å². The normalized spacial score (nSPS) is 21.2. The van der Waals surface area contributed by atoms with Crippen LogP contribution < -0.4 is 4.90 Å². The molecule has 1 aliphatic carbocycles. The van der Waals surface area contributed by atoms with Crippen LogP contribution in [0.1, 0.15) is 44.2 Å². The predicted molar refractivity (Wildman–Crippen MR) is 110 cm³/mol. The average Bonchev–Trinajstić information content (AvgIpc) is 3.24. The summed E-state index contributed by atoms with van der Waals surface area (Å²) in [5.41, 5.74) is 1.69. The van der Waals surface area contributed by atoms with Crippen molar-refractivity contribution >= 4 is 11.9 Å². The molecule has 8 heteroatoms. The molecule has 2 aromatic rings. The maximum Gasteiger partial charge on any atom is 0.410 e. The highest BCUT2D eigenvalue weighted by molar-refractivity contribution is 5.68. The molecule has 0 spiro atoms. The number of hydrogen-bond acceptors (Lipinski definition) is 7. The Labute approximate surface area is 176 Å². The van der Waals surface area contributed by atoms with Crippen LogP contribution in [0.4, 0.5) is 10.6 Å². The molecule has 0 N–H and O–H groups in total. The number of amides is 1. The molecule has 0 bridgehead atoms. The minimum Gasteiger partial charge on any atom is -0.443 e. The fourth-order valence-corrected chi connectivity index (χ4v) is 3.93. The smallest absolute Gasteiger partial charge is 0.410 e. The van der Waals surface area contributed by atoms with E-state index in [4.69, 9.17) is 14.0 Å². The standard InChI is InChI=1S/C22H28N4O4/c1-22(6-7-22)29-21(27)26-9-4-15(5-10-26)18-12-19(30-24-18)16-3-8-23-20(11-16)25(2)17-13-28-14-17/h3,8,11-12,15,17H,4-7,9-10,13-14H2,1-2H3. The Morgan fingerprint density at radius 3 is 2.70 bits per heavy atom. The number of likely N-dealkylation sites (tertiary alicyclic amines) is 1. The number of ether oxygens (including phenoxy) is 2. The molecule has 0 unspecified atom stereocenters. The van der Waals surface area contributed by atoms with Crippen molar-refractivity contribution in [2.24, 2.45) is 0 Å². The van der Waals surface area contributed by atoms with Gasteiger partial charge in [0.1, 0.15) is 11.4 Å². The molecular formula is C22H28N4O4. The Hall–Kier alpha value is -2.61. The molecule has 1 saturated carbocycles. The third-order valence-electron chi connectivity index (χ3n) is 6.55. The van der Waals surface area contributed by atoms with Gasteiger partial charge in [0, 0.05) is 43.9 Å². The Morgan fingerprint density at radius 2 is 2.03 bits per heavy atom. The lowest BCUT2D eigenvalue weighted by Gasteiger charge is -2.35. The SMILES string of the molecule is CN(c1cc(-c2cc(C3CCN(C(=O)OC4(C)CC4)CC3)no2)ccn1)C1COC1. The Bertz CT molecular complexity index is 913. The number of piperidine rings is 1. The first-order valence-corrected chi connectivity index (χ1v) is 10.7. The fourth-order valence-electron chi connectivity index (χ4n) is 3.93. The number of nitrogens with zero attached hydrogens (tertiary/aromatic N) is 4. The highest BCUT2D eigenvalue weighted by atomic mass is 16.6. The molecule has 0 radical (unpaired) electrons. The van der Waals surface area contributed by atoms with Gasteiger partial charge in [0.15, 0.2) is 5.76 Å². The Morgan fingerprint density at radius 1 is 1.27 bits per heavy atom. The van der Waals surface area contributed by atoms with E-state index >= 15 is 0 Å². The lowest BCUT2D eigenvalue weighted by atomic mass is 9.93. The molecule has 160 valence electrons. The summed E-state index contributed by atoms with van der Waals surface area (Å²) < 4.78 is 16.5. The van der Waals surface area contributed by atoms with E-state index in [0.717, 1.165) is 61.7 Å². The second-order valence-corrected chi connectivity index (χ2v) is 8.90. The van der Waals surface area contributed by atoms with Crippen LogP contribution in [0.5, 0.6) is 0 Å². The predicted octanol–water partition coefficient (Wildman–Crippen LogP) is 3.44. The zero-order valence-corrected chi connectivity index (χ0v) is 17.5. The highest BCUT2D eigenvalue weighted by Gasteiger charge is 2.43. The zero-order valence-electron chi connectivity index (χ0n) is 17.5. The van der Waals surface area contributed by atoms with Crippen LogP contribution in [0, 0.1) is 0 Å². The van der Waals surface area contributed by atoms with E-state index in [1.807, 2.05) is 37.1 Å². The third kappa shape index (κ3) is 3.88. The van der Waals surface area contributed by atoms with E-state index in [9.17, 15) is 4.79 Å². The van der Waals surface area contributed by atoms with Crippen LogP contribution in [0.25, 0.3) is 11.3 Å². The average molecular weight is 412 g/mol. The summed E-state index contributed by atoms with van der Waals surface area (Å²) >= 11 is 0. The number of aromatic nitrogens is 2. The van der Waals surface area contributed by atoms with Crippen molar-refractivity contribution in [1.82, 2.24) is 15.0 Å². The van der Waals surface area contributed by atoms with Crippen molar-refractivity contribution in [2.45, 2.75) is 50.2 Å². The first-order chi connectivity index (χ1) is 14.5. The molecule has 0 atom stereocenters. The molecule has 2 saturated heterocycles. The summed E-state index contributed by atoms with van der Waals surface area (Å²) in [7, 11) is 2.04. The van der Waals surface area contributed by atoms with Gasteiger partial charge in [-0.25, -0.2) is 9.78 Å². The highest BCUT2D eigenvalue weighted by Crippen LogP contribution is 2.39. The van der Waals surface area contributed by atoms with Crippen LogP contribution in [0.3, 0.4) is 0 Å². The largest absolute Gasteiger partial charge is 0.443 e. The number of pyridine rings is 1. The van der Waals surface area contributed by atoms with E-state index in [-0.39, 0.29) is 11.7 Å². The number of hydrogen-bond donors (Lipinski definition) is 0. The van der Waals surface area contributed by atoms with Gasteiger partial charge in [-0.3, -0.25) is 0 Å². The minimum atomic E-state index is -0.224. The van der Waals surface area contributed by atoms with Crippen molar-refractivity contribution in [3.05, 3.63) is 30.1 Å². The number of carbonyl (C=O) groups excluding carboxylic acids is 1. The van der Waals surface area contributed by atoms with E-state index in [1.165, 1.54) is 0 Å². The van der Waals surface area contributed by atoms with Gasteiger partial charge in [-0.05, 0) is 44.7 Å². The second kappa shape index (κ2) is 7.58. The van der Waals surface area contributed by atoms with Crippen LogP contribution in [-0.2, 0) is 9.47 Å². The molecule has 3 aliphatic rings. The van der Waals surface area contributed by atoms with Gasteiger partial charge < -0.3 is 23.8 Å². The molecule has 8 nitrogen and oxygen atoms in total. The van der Waals surface area contributed by atoms with Gasteiger partial charge in [0.25, 0.3) is 0 Å². The molecule has 2 aliphatic heterocycles. The molecule has 3 fully saturated rings. The van der Waals surface area contributed by atoms with Crippen LogP contribution in [0.15, 0.2) is 28.9 Å². The number of likely N-dealkylation sites (N-methyl/N-ethyl adjacent to an activating group) is 1. The molecular weight excluding hydrogens is 384 g/mol. The zero-order chi connectivity index (χ0) is 20.7. The van der Waals surface area contributed by atoms with Gasteiger partial charge >= 0.3 is 6.09 Å². The summed E-state index contributed by atoms with van der Waals surface area (Å²) in [6.07, 6.45) is 5.29. The maximum absolute atomic E-state index is 12.3. The van der Waals surface area contributed by atoms with Crippen molar-refractivity contribution in [1.29, 1.82) is 0 Å². The van der Waals surface area contributed by atoms with E-state index in [0.29, 0.717) is 25.0 Å². The van der Waals surface area contributed by atoms with Crippen molar-refractivity contribution in [3.8, 4) is 11.3 Å². The topological polar surface area (TPSA) is 80.9 Å². The first-order valence-electron chi connectivity index (χ1n) is 10.7. The van der Waals surface area contributed by atoms with Crippen molar-refractivity contribution < 1.29 is 18.8 Å². The third-order valence-corrected chi connectivity index (χ3v) is 6.55. The number of rotatable bonds is 5. The summed E-state index contributed by atoms with van der Waals surface area (Å²) in [5.74, 6) is 1.93. The van der Waals surface area contributed by atoms with Crippen LogP contribution in [-0.4, -0.2) is 66.1 Å². The van der Waals surface area contributed by atoms with Crippen LogP contribution >= 0.6 is 0 Å². The van der Waals surface area contributed by atoms with Gasteiger partial charge in [-0.2, -0.15) is 0 Å². The summed E-state index contributed by atoms with van der Waals surface area (Å²) in [5, 5.41) is 4.33. The summed E-state index contributed by atoms with van der Waals surface area (Å²) in [6, 6.07) is 6.36. The lowest BCUT2D eigenvalue weighted by molar-refractivity contribution is 0.00988. The van der Waals surface area contributed by atoms with E-state index < -0.39 is 0 Å². The maximum atomic E-state index is 12.3. The van der Waals surface area contributed by atoms with Crippen molar-refractivity contribution in [3.63, 3.8) is 0 Å². The Kier molecular flexibility index (Phi) is 4.89. The van der Waals surface area contributed by atoms with Gasteiger partial charge in [0.05, 0.1) is 24.9 Å². The summed E-state index contributed by atoms with van der Waals surface area (Å²) in [6.45, 7) is 4.85. The Balaban J connectivity index is 1.21.